The van der Waals surface area contributed by atoms with Gasteiger partial charge in [-0.15, -0.1) is 0 Å². The van der Waals surface area contributed by atoms with Gasteiger partial charge in [0, 0.05) is 17.8 Å². The van der Waals surface area contributed by atoms with Crippen LogP contribution in [0.1, 0.15) is 80.1 Å². The Morgan fingerprint density at radius 3 is 0.872 bits per heavy atom. The summed E-state index contributed by atoms with van der Waals surface area (Å²) in [5.74, 6) is -8.21. The molecule has 0 aliphatic heterocycles. The minimum absolute atomic E-state index is 0.00215. The van der Waals surface area contributed by atoms with E-state index in [4.69, 9.17) is 0 Å². The maximum absolute atomic E-state index is 13.2. The Morgan fingerprint density at radius 1 is 0.513 bits per heavy atom. The van der Waals surface area contributed by atoms with Gasteiger partial charge in [0.05, 0.1) is 0 Å². The fourth-order valence-corrected chi connectivity index (χ4v) is 4.91. The molecular formula is C27H45N3O9. The molecule has 0 unspecified atom stereocenters. The van der Waals surface area contributed by atoms with Crippen LogP contribution in [0.4, 0.5) is 0 Å². The first kappa shape index (κ1) is 33.8. The molecule has 1 aliphatic rings. The number of hydrogen-bond donors (Lipinski definition) is 6. The molecule has 3 amide bonds. The van der Waals surface area contributed by atoms with Gasteiger partial charge in [-0.25, -0.2) is 14.4 Å². The van der Waals surface area contributed by atoms with Crippen LogP contribution in [0.15, 0.2) is 0 Å². The van der Waals surface area contributed by atoms with Gasteiger partial charge in [-0.05, 0) is 56.3 Å². The van der Waals surface area contributed by atoms with E-state index < -0.39 is 71.5 Å². The molecule has 0 saturated heterocycles. The lowest BCUT2D eigenvalue weighted by Gasteiger charge is -2.34. The van der Waals surface area contributed by atoms with E-state index >= 15 is 0 Å². The van der Waals surface area contributed by atoms with Crippen LogP contribution in [0.25, 0.3) is 0 Å². The topological polar surface area (TPSA) is 199 Å². The number of rotatable bonds is 15. The molecule has 0 aromatic rings. The molecule has 6 N–H and O–H groups in total. The Bertz CT molecular complexity index is 783. The van der Waals surface area contributed by atoms with Gasteiger partial charge in [0.15, 0.2) is 0 Å². The van der Waals surface area contributed by atoms with Gasteiger partial charge in [-0.2, -0.15) is 0 Å². The SMILES string of the molecule is CC(C)C[C@H](NC(=O)C1CC(C(=O)N[C@@H](CC(C)C)C(=O)O)CC(C(=O)N[C@@H](CC(C)C)C(=O)O)C1)C(=O)O. The Kier molecular flexibility index (Phi) is 13.4. The van der Waals surface area contributed by atoms with Gasteiger partial charge >= 0.3 is 17.9 Å². The van der Waals surface area contributed by atoms with E-state index in [1.165, 1.54) is 0 Å². The molecule has 3 atom stereocenters. The summed E-state index contributed by atoms with van der Waals surface area (Å²) in [4.78, 5) is 74.5. The fraction of sp³-hybridized carbons (Fsp3) is 0.778. The van der Waals surface area contributed by atoms with Crippen molar-refractivity contribution in [2.24, 2.45) is 35.5 Å². The number of hydrogen-bond acceptors (Lipinski definition) is 6. The number of aliphatic carboxylic acids is 3. The molecule has 0 bridgehead atoms. The maximum atomic E-state index is 13.2. The number of amides is 3. The minimum atomic E-state index is -1.20. The summed E-state index contributed by atoms with van der Waals surface area (Å²) in [5, 5.41) is 36.2. The van der Waals surface area contributed by atoms with Gasteiger partial charge in [-0.3, -0.25) is 14.4 Å². The van der Waals surface area contributed by atoms with Gasteiger partial charge in [-0.1, -0.05) is 41.5 Å². The maximum Gasteiger partial charge on any atom is 0.326 e. The fourth-order valence-electron chi connectivity index (χ4n) is 4.91. The summed E-state index contributed by atoms with van der Waals surface area (Å²) >= 11 is 0. The van der Waals surface area contributed by atoms with Crippen LogP contribution in [-0.4, -0.2) is 69.1 Å². The van der Waals surface area contributed by atoms with Crippen molar-refractivity contribution in [2.45, 2.75) is 98.2 Å². The second-order valence-corrected chi connectivity index (χ2v) is 11.9. The van der Waals surface area contributed by atoms with Gasteiger partial charge in [0.1, 0.15) is 18.1 Å². The van der Waals surface area contributed by atoms with Crippen molar-refractivity contribution < 1.29 is 44.1 Å². The van der Waals surface area contributed by atoms with Crippen LogP contribution in [0, 0.1) is 35.5 Å². The largest absolute Gasteiger partial charge is 0.480 e. The molecule has 0 aromatic carbocycles. The summed E-state index contributed by atoms with van der Waals surface area (Å²) in [5.41, 5.74) is 0. The molecule has 12 heteroatoms. The summed E-state index contributed by atoms with van der Waals surface area (Å²) in [6, 6.07) is -3.45. The summed E-state index contributed by atoms with van der Waals surface area (Å²) in [6.45, 7) is 10.9. The van der Waals surface area contributed by atoms with Crippen LogP contribution in [0.2, 0.25) is 0 Å². The summed E-state index contributed by atoms with van der Waals surface area (Å²) < 4.78 is 0. The van der Waals surface area contributed by atoms with Gasteiger partial charge in [0.25, 0.3) is 0 Å². The van der Waals surface area contributed by atoms with E-state index in [1.54, 1.807) is 0 Å². The third-order valence-corrected chi connectivity index (χ3v) is 6.78. The molecule has 1 rings (SSSR count). The van der Waals surface area contributed by atoms with Crippen molar-refractivity contribution >= 4 is 35.6 Å². The smallest absolute Gasteiger partial charge is 0.326 e. The molecule has 0 aromatic heterocycles. The minimum Gasteiger partial charge on any atom is -0.480 e. The van der Waals surface area contributed by atoms with E-state index in [9.17, 15) is 44.1 Å². The lowest BCUT2D eigenvalue weighted by molar-refractivity contribution is -0.146. The monoisotopic (exact) mass is 555 g/mol. The lowest BCUT2D eigenvalue weighted by atomic mass is 9.73. The van der Waals surface area contributed by atoms with E-state index in [2.05, 4.69) is 16.0 Å². The highest BCUT2D eigenvalue weighted by atomic mass is 16.4. The Balaban J connectivity index is 3.21. The van der Waals surface area contributed by atoms with E-state index in [0.717, 1.165) is 0 Å². The molecule has 39 heavy (non-hydrogen) atoms. The molecular weight excluding hydrogens is 510 g/mol. The van der Waals surface area contributed by atoms with Crippen LogP contribution >= 0.6 is 0 Å². The first-order chi connectivity index (χ1) is 18.0. The van der Waals surface area contributed by atoms with Crippen molar-refractivity contribution in [3.63, 3.8) is 0 Å². The average Bonchev–Trinajstić information content (AvgIpc) is 2.81. The van der Waals surface area contributed by atoms with Crippen molar-refractivity contribution in [3.8, 4) is 0 Å². The normalized spacial score (nSPS) is 21.6. The van der Waals surface area contributed by atoms with E-state index in [1.807, 2.05) is 41.5 Å². The quantitative estimate of drug-likeness (QED) is 0.174. The standard InChI is InChI=1S/C27H45N3O9/c1-13(2)7-19(25(34)35)28-22(31)16-10-17(23(32)29-20(26(36)37)8-14(3)4)12-18(11-16)24(33)30-21(27(38)39)9-15(5)6/h13-21H,7-12H2,1-6H3,(H,28,31)(H,29,32)(H,30,33)(H,34,35)(H,36,37)(H,38,39)/t16?,17?,18?,19-,20-,21-/m0/s1. The predicted molar refractivity (Wildman–Crippen MR) is 141 cm³/mol. The molecule has 222 valence electrons. The van der Waals surface area contributed by atoms with E-state index in [0.29, 0.717) is 0 Å². The number of nitrogens with one attached hydrogen (secondary N) is 3. The molecule has 0 heterocycles. The molecule has 0 spiro atoms. The molecule has 1 saturated carbocycles. The zero-order valence-electron chi connectivity index (χ0n) is 23.7. The molecule has 1 fully saturated rings. The number of carbonyl (C=O) groups is 6. The first-order valence-corrected chi connectivity index (χ1v) is 13.6. The molecule has 0 radical (unpaired) electrons. The summed E-state index contributed by atoms with van der Waals surface area (Å²) in [7, 11) is 0. The van der Waals surface area contributed by atoms with Crippen molar-refractivity contribution in [1.29, 1.82) is 0 Å². The molecule has 1 aliphatic carbocycles. The number of carbonyl (C=O) groups excluding carboxylic acids is 3. The van der Waals surface area contributed by atoms with E-state index in [-0.39, 0.29) is 56.3 Å². The number of carboxylic acid groups (broad SMARTS) is 3. The van der Waals surface area contributed by atoms with Crippen molar-refractivity contribution in [2.75, 3.05) is 0 Å². The van der Waals surface area contributed by atoms with Gasteiger partial charge < -0.3 is 31.3 Å². The van der Waals surface area contributed by atoms with Gasteiger partial charge in [0.2, 0.25) is 17.7 Å². The highest BCUT2D eigenvalue weighted by Gasteiger charge is 2.41. The molecule has 12 nitrogen and oxygen atoms in total. The second-order valence-electron chi connectivity index (χ2n) is 11.9. The van der Waals surface area contributed by atoms with Crippen LogP contribution in [0.3, 0.4) is 0 Å². The highest BCUT2D eigenvalue weighted by Crippen LogP contribution is 2.35. The summed E-state index contributed by atoms with van der Waals surface area (Å²) in [6.07, 6.45) is 0.555. The van der Waals surface area contributed by atoms with Crippen LogP contribution < -0.4 is 16.0 Å². The third kappa shape index (κ3) is 11.6. The number of carboxylic acids is 3. The zero-order chi connectivity index (χ0) is 30.0. The first-order valence-electron chi connectivity index (χ1n) is 13.6. The predicted octanol–water partition coefficient (Wildman–Crippen LogP) is 1.87. The van der Waals surface area contributed by atoms with Crippen molar-refractivity contribution in [1.82, 2.24) is 16.0 Å². The van der Waals surface area contributed by atoms with Crippen molar-refractivity contribution in [3.05, 3.63) is 0 Å². The second kappa shape index (κ2) is 15.4. The Hall–Kier alpha value is -3.18. The Labute approximate surface area is 229 Å². The zero-order valence-corrected chi connectivity index (χ0v) is 23.7. The lowest BCUT2D eigenvalue weighted by Crippen LogP contribution is -2.51. The van der Waals surface area contributed by atoms with Crippen LogP contribution in [-0.2, 0) is 28.8 Å². The Morgan fingerprint density at radius 2 is 0.718 bits per heavy atom. The third-order valence-electron chi connectivity index (χ3n) is 6.78. The van der Waals surface area contributed by atoms with Crippen LogP contribution in [0.5, 0.6) is 0 Å². The average molecular weight is 556 g/mol. The highest BCUT2D eigenvalue weighted by molar-refractivity contribution is 5.90.